The molecule has 2 saturated heterocycles. The van der Waals surface area contributed by atoms with E-state index < -0.39 is 0 Å². The summed E-state index contributed by atoms with van der Waals surface area (Å²) in [6, 6.07) is 8.78. The molecule has 3 rings (SSSR count). The molecule has 2 heterocycles. The van der Waals surface area contributed by atoms with Crippen LogP contribution in [0.4, 0.5) is 0 Å². The summed E-state index contributed by atoms with van der Waals surface area (Å²) in [4.78, 5) is 2.68. The first-order valence-electron chi connectivity index (χ1n) is 6.07. The van der Waals surface area contributed by atoms with Gasteiger partial charge in [-0.05, 0) is 17.5 Å². The van der Waals surface area contributed by atoms with Gasteiger partial charge >= 0.3 is 0 Å². The topological polar surface area (TPSA) is 3.24 Å². The number of hydrogen-bond donors (Lipinski definition) is 0. The summed E-state index contributed by atoms with van der Waals surface area (Å²) >= 11 is 4.27. The van der Waals surface area contributed by atoms with Crippen molar-refractivity contribution in [1.29, 1.82) is 0 Å². The number of fused-ring (bicyclic) bond motifs is 2. The molecule has 0 N–H and O–H groups in total. The second-order valence-electron chi connectivity index (χ2n) is 4.51. The molecule has 1 nitrogen and oxygen atoms in total. The minimum Gasteiger partial charge on any atom is -0.278 e. The molecule has 2 fully saturated rings. The predicted molar refractivity (Wildman–Crippen MR) is 79.4 cm³/mol. The van der Waals surface area contributed by atoms with Crippen molar-refractivity contribution in [2.75, 3.05) is 18.1 Å². The summed E-state index contributed by atoms with van der Waals surface area (Å²) in [5.74, 6) is 2.65. The molecule has 3 heteroatoms. The van der Waals surface area contributed by atoms with Gasteiger partial charge in [0.1, 0.15) is 0 Å². The maximum Gasteiger partial charge on any atom is 0.0659 e. The van der Waals surface area contributed by atoms with Crippen molar-refractivity contribution >= 4 is 29.6 Å². The van der Waals surface area contributed by atoms with Crippen LogP contribution < -0.4 is 0 Å². The molecule has 0 spiro atoms. The molecule has 2 aliphatic heterocycles. The van der Waals surface area contributed by atoms with E-state index in [0.717, 1.165) is 10.7 Å². The van der Waals surface area contributed by atoms with Crippen LogP contribution in [0.25, 0.3) is 6.08 Å². The molecule has 0 aromatic heterocycles. The van der Waals surface area contributed by atoms with Crippen LogP contribution in [0.5, 0.6) is 0 Å². The van der Waals surface area contributed by atoms with Crippen LogP contribution in [0.15, 0.2) is 30.8 Å². The van der Waals surface area contributed by atoms with E-state index in [2.05, 4.69) is 59.3 Å². The fraction of sp³-hybridized carbons (Fsp3) is 0.429. The molecule has 90 valence electrons. The number of thioether (sulfide) groups is 2. The summed E-state index contributed by atoms with van der Waals surface area (Å²) in [5, 5.41) is 1.58. The summed E-state index contributed by atoms with van der Waals surface area (Å²) in [5.41, 5.74) is 2.65. The van der Waals surface area contributed by atoms with Gasteiger partial charge in [-0.1, -0.05) is 36.9 Å². The maximum absolute atomic E-state index is 3.78. The molecule has 17 heavy (non-hydrogen) atoms. The second kappa shape index (κ2) is 5.09. The first-order chi connectivity index (χ1) is 8.36. The van der Waals surface area contributed by atoms with Gasteiger partial charge in [0.15, 0.2) is 0 Å². The Morgan fingerprint density at radius 1 is 1.18 bits per heavy atom. The molecule has 2 aliphatic rings. The van der Waals surface area contributed by atoms with Crippen LogP contribution in [0.2, 0.25) is 0 Å². The zero-order chi connectivity index (χ0) is 11.7. The molecule has 2 unspecified atom stereocenters. The zero-order valence-electron chi connectivity index (χ0n) is 9.84. The number of benzene rings is 1. The number of hydrogen-bond acceptors (Lipinski definition) is 3. The van der Waals surface area contributed by atoms with Crippen LogP contribution in [0.3, 0.4) is 0 Å². The Balaban J connectivity index is 1.58. The quantitative estimate of drug-likeness (QED) is 0.820. The number of rotatable bonds is 4. The van der Waals surface area contributed by atoms with E-state index in [0.29, 0.717) is 0 Å². The summed E-state index contributed by atoms with van der Waals surface area (Å²) < 4.78 is 0. The molecule has 1 aromatic rings. The third-order valence-corrected chi connectivity index (χ3v) is 6.56. The van der Waals surface area contributed by atoms with Crippen LogP contribution in [-0.2, 0) is 6.42 Å². The Morgan fingerprint density at radius 2 is 1.82 bits per heavy atom. The minimum atomic E-state index is 0.789. The Labute approximate surface area is 112 Å². The van der Waals surface area contributed by atoms with Crippen molar-refractivity contribution in [3.05, 3.63) is 42.0 Å². The third-order valence-electron chi connectivity index (χ3n) is 3.48. The van der Waals surface area contributed by atoms with Crippen LogP contribution in [0.1, 0.15) is 11.1 Å². The zero-order valence-corrected chi connectivity index (χ0v) is 11.5. The Morgan fingerprint density at radius 3 is 2.35 bits per heavy atom. The molecular formula is C14H17NS2. The van der Waals surface area contributed by atoms with Gasteiger partial charge in [0.25, 0.3) is 0 Å². The van der Waals surface area contributed by atoms with Gasteiger partial charge in [0, 0.05) is 18.1 Å². The van der Waals surface area contributed by atoms with Crippen molar-refractivity contribution in [3.63, 3.8) is 0 Å². The van der Waals surface area contributed by atoms with Gasteiger partial charge in [0.2, 0.25) is 0 Å². The van der Waals surface area contributed by atoms with E-state index in [-0.39, 0.29) is 0 Å². The van der Waals surface area contributed by atoms with Gasteiger partial charge < -0.3 is 0 Å². The Hall–Kier alpha value is -0.380. The standard InChI is InChI=1S/C14H17NS2/c1-2-11-3-5-12(6-4-11)7-8-15-13-9-16-14(15)10-17-13/h2-6,13-14H,1,7-10H2. The molecule has 2 atom stereocenters. The highest BCUT2D eigenvalue weighted by Crippen LogP contribution is 2.43. The Bertz CT molecular complexity index is 381. The first kappa shape index (κ1) is 11.7. The molecule has 0 radical (unpaired) electrons. The van der Waals surface area contributed by atoms with Crippen LogP contribution >= 0.6 is 23.5 Å². The van der Waals surface area contributed by atoms with Gasteiger partial charge in [0.05, 0.1) is 10.7 Å². The minimum absolute atomic E-state index is 0.789. The molecular weight excluding hydrogens is 246 g/mol. The molecule has 0 saturated carbocycles. The summed E-state index contributed by atoms with van der Waals surface area (Å²) in [6.45, 7) is 5.00. The maximum atomic E-state index is 3.78. The highest BCUT2D eigenvalue weighted by atomic mass is 32.2. The van der Waals surface area contributed by atoms with Crippen molar-refractivity contribution in [3.8, 4) is 0 Å². The fourth-order valence-corrected chi connectivity index (χ4v) is 5.78. The summed E-state index contributed by atoms with van der Waals surface area (Å²) in [7, 11) is 0. The Kier molecular flexibility index (Phi) is 3.50. The monoisotopic (exact) mass is 263 g/mol. The van der Waals surface area contributed by atoms with E-state index in [1.165, 1.54) is 35.6 Å². The van der Waals surface area contributed by atoms with Gasteiger partial charge in [-0.25, -0.2) is 0 Å². The van der Waals surface area contributed by atoms with E-state index >= 15 is 0 Å². The lowest BCUT2D eigenvalue weighted by Crippen LogP contribution is -2.30. The highest BCUT2D eigenvalue weighted by Gasteiger charge is 2.40. The highest BCUT2D eigenvalue weighted by molar-refractivity contribution is 8.07. The molecule has 0 aliphatic carbocycles. The van der Waals surface area contributed by atoms with Gasteiger partial charge in [-0.2, -0.15) is 0 Å². The van der Waals surface area contributed by atoms with Crippen LogP contribution in [0, 0.1) is 0 Å². The normalized spacial score (nSPS) is 27.5. The van der Waals surface area contributed by atoms with Crippen molar-refractivity contribution in [2.45, 2.75) is 17.2 Å². The van der Waals surface area contributed by atoms with E-state index in [9.17, 15) is 0 Å². The average molecular weight is 263 g/mol. The van der Waals surface area contributed by atoms with Gasteiger partial charge in [-0.15, -0.1) is 23.5 Å². The molecule has 1 aromatic carbocycles. The van der Waals surface area contributed by atoms with Crippen molar-refractivity contribution in [2.24, 2.45) is 0 Å². The van der Waals surface area contributed by atoms with Crippen molar-refractivity contribution < 1.29 is 0 Å². The number of nitrogens with zero attached hydrogens (tertiary/aromatic N) is 1. The van der Waals surface area contributed by atoms with Crippen LogP contribution in [-0.4, -0.2) is 33.7 Å². The average Bonchev–Trinajstić information content (AvgIpc) is 2.96. The van der Waals surface area contributed by atoms with E-state index in [4.69, 9.17) is 0 Å². The SMILES string of the molecule is C=Cc1ccc(CCN2C3CSC2CS3)cc1. The first-order valence-corrected chi connectivity index (χ1v) is 8.17. The molecule has 0 amide bonds. The second-order valence-corrected chi connectivity index (χ2v) is 6.93. The molecule has 2 bridgehead atoms. The predicted octanol–water partition coefficient (Wildman–Crippen LogP) is 3.32. The van der Waals surface area contributed by atoms with E-state index in [1.54, 1.807) is 0 Å². The lowest BCUT2D eigenvalue weighted by molar-refractivity contribution is 0.301. The largest absolute Gasteiger partial charge is 0.278 e. The lowest BCUT2D eigenvalue weighted by Gasteiger charge is -2.19. The third kappa shape index (κ3) is 2.42. The fourth-order valence-electron chi connectivity index (χ4n) is 2.42. The lowest BCUT2D eigenvalue weighted by atomic mass is 10.1. The van der Waals surface area contributed by atoms with E-state index in [1.807, 2.05) is 6.08 Å². The smallest absolute Gasteiger partial charge is 0.0659 e. The van der Waals surface area contributed by atoms with Gasteiger partial charge in [-0.3, -0.25) is 4.90 Å². The van der Waals surface area contributed by atoms with Crippen molar-refractivity contribution in [1.82, 2.24) is 4.90 Å². The summed E-state index contributed by atoms with van der Waals surface area (Å²) in [6.07, 6.45) is 3.07.